The molecule has 3 N–H and O–H groups in total. The van der Waals surface area contributed by atoms with Crippen LogP contribution in [0.1, 0.15) is 33.6 Å². The van der Waals surface area contributed by atoms with Crippen LogP contribution >= 0.6 is 24.0 Å². The standard InChI is InChI=1S/C10H23N3O.HI/c1-4-5-6-12-10(11)13-7-8-14-9(2)3;/h9H,4-8H2,1-3H3,(H3,11,12,13);1H. The molecule has 0 saturated heterocycles. The topological polar surface area (TPSA) is 59.6 Å². The Morgan fingerprint density at radius 3 is 2.67 bits per heavy atom. The fraction of sp³-hybridized carbons (Fsp3) is 0.900. The minimum atomic E-state index is 0. The Hall–Kier alpha value is -0.0400. The molecule has 0 aromatic heterocycles. The van der Waals surface area contributed by atoms with Crippen LogP contribution in [0.25, 0.3) is 0 Å². The summed E-state index contributed by atoms with van der Waals surface area (Å²) in [6.45, 7) is 8.36. The first-order chi connectivity index (χ1) is 6.66. The molecule has 0 radical (unpaired) electrons. The second-order valence-corrected chi connectivity index (χ2v) is 3.47. The van der Waals surface area contributed by atoms with Crippen molar-refractivity contribution in [2.75, 3.05) is 19.7 Å². The Bertz CT molecular complexity index is 163. The average molecular weight is 329 g/mol. The van der Waals surface area contributed by atoms with E-state index < -0.39 is 0 Å². The van der Waals surface area contributed by atoms with Crippen molar-refractivity contribution in [3.63, 3.8) is 0 Å². The minimum absolute atomic E-state index is 0. The monoisotopic (exact) mass is 329 g/mol. The van der Waals surface area contributed by atoms with Gasteiger partial charge in [0, 0.05) is 13.1 Å². The van der Waals surface area contributed by atoms with E-state index in [4.69, 9.17) is 10.5 Å². The number of rotatable bonds is 7. The van der Waals surface area contributed by atoms with E-state index in [0.29, 0.717) is 12.6 Å². The summed E-state index contributed by atoms with van der Waals surface area (Å²) in [4.78, 5) is 4.16. The third-order valence-electron chi connectivity index (χ3n) is 1.65. The maximum absolute atomic E-state index is 5.61. The molecule has 0 aromatic carbocycles. The van der Waals surface area contributed by atoms with Crippen molar-refractivity contribution in [3.05, 3.63) is 0 Å². The van der Waals surface area contributed by atoms with Crippen LogP contribution < -0.4 is 11.1 Å². The van der Waals surface area contributed by atoms with Crippen molar-refractivity contribution < 1.29 is 4.74 Å². The van der Waals surface area contributed by atoms with E-state index in [2.05, 4.69) is 17.2 Å². The third kappa shape index (κ3) is 14.0. The smallest absolute Gasteiger partial charge is 0.188 e. The van der Waals surface area contributed by atoms with Crippen molar-refractivity contribution in [2.45, 2.75) is 39.7 Å². The Kier molecular flexibility index (Phi) is 13.9. The lowest BCUT2D eigenvalue weighted by atomic mass is 10.3. The van der Waals surface area contributed by atoms with Gasteiger partial charge in [-0.2, -0.15) is 0 Å². The van der Waals surface area contributed by atoms with Crippen LogP contribution in [0, 0.1) is 0 Å². The highest BCUT2D eigenvalue weighted by Gasteiger charge is 1.93. The predicted molar refractivity (Wildman–Crippen MR) is 75.9 cm³/mol. The number of guanidine groups is 1. The van der Waals surface area contributed by atoms with E-state index in [1.54, 1.807) is 0 Å². The normalized spacial score (nSPS) is 11.3. The molecule has 0 atom stereocenters. The van der Waals surface area contributed by atoms with Crippen LogP contribution in [0.4, 0.5) is 0 Å². The SMILES string of the molecule is CCCCN=C(N)NCCOC(C)C.I. The minimum Gasteiger partial charge on any atom is -0.377 e. The molecule has 4 nitrogen and oxygen atoms in total. The molecule has 0 aliphatic carbocycles. The first-order valence-corrected chi connectivity index (χ1v) is 5.32. The van der Waals surface area contributed by atoms with Gasteiger partial charge in [0.2, 0.25) is 0 Å². The lowest BCUT2D eigenvalue weighted by molar-refractivity contribution is 0.0830. The molecule has 0 aliphatic heterocycles. The van der Waals surface area contributed by atoms with Gasteiger partial charge in [0.15, 0.2) is 5.96 Å². The molecule has 5 heteroatoms. The number of halogens is 1. The Balaban J connectivity index is 0. The van der Waals surface area contributed by atoms with Gasteiger partial charge < -0.3 is 15.8 Å². The van der Waals surface area contributed by atoms with Crippen molar-refractivity contribution in [3.8, 4) is 0 Å². The van der Waals surface area contributed by atoms with Gasteiger partial charge in [-0.05, 0) is 20.3 Å². The molecule has 0 bridgehead atoms. The second kappa shape index (κ2) is 12.0. The molecule has 0 unspecified atom stereocenters. The first kappa shape index (κ1) is 17.4. The highest BCUT2D eigenvalue weighted by Crippen LogP contribution is 1.86. The zero-order chi connectivity index (χ0) is 10.8. The first-order valence-electron chi connectivity index (χ1n) is 5.32. The summed E-state index contributed by atoms with van der Waals surface area (Å²) in [5, 5.41) is 3.00. The van der Waals surface area contributed by atoms with Gasteiger partial charge in [-0.25, -0.2) is 0 Å². The van der Waals surface area contributed by atoms with Crippen LogP contribution in [-0.4, -0.2) is 31.8 Å². The Morgan fingerprint density at radius 2 is 2.13 bits per heavy atom. The van der Waals surface area contributed by atoms with Gasteiger partial charge in [-0.1, -0.05) is 13.3 Å². The highest BCUT2D eigenvalue weighted by atomic mass is 127. The lowest BCUT2D eigenvalue weighted by Gasteiger charge is -2.08. The number of hydrogen-bond donors (Lipinski definition) is 2. The zero-order valence-electron chi connectivity index (χ0n) is 9.95. The predicted octanol–water partition coefficient (Wildman–Crippen LogP) is 1.73. The summed E-state index contributed by atoms with van der Waals surface area (Å²) in [7, 11) is 0. The zero-order valence-corrected chi connectivity index (χ0v) is 12.3. The van der Waals surface area contributed by atoms with E-state index in [0.717, 1.165) is 25.9 Å². The Labute approximate surface area is 110 Å². The van der Waals surface area contributed by atoms with E-state index in [-0.39, 0.29) is 30.1 Å². The fourth-order valence-corrected chi connectivity index (χ4v) is 0.887. The van der Waals surface area contributed by atoms with E-state index in [1.165, 1.54) is 0 Å². The molecule has 0 aliphatic rings. The van der Waals surface area contributed by atoms with Gasteiger partial charge in [0.05, 0.1) is 12.7 Å². The Morgan fingerprint density at radius 1 is 1.47 bits per heavy atom. The molecule has 92 valence electrons. The maximum Gasteiger partial charge on any atom is 0.188 e. The molecular weight excluding hydrogens is 305 g/mol. The molecule has 0 amide bonds. The average Bonchev–Trinajstić information content (AvgIpc) is 2.13. The van der Waals surface area contributed by atoms with Crippen molar-refractivity contribution in [2.24, 2.45) is 10.7 Å². The van der Waals surface area contributed by atoms with E-state index in [1.807, 2.05) is 13.8 Å². The number of unbranched alkanes of at least 4 members (excludes halogenated alkanes) is 1. The largest absolute Gasteiger partial charge is 0.377 e. The number of aliphatic imine (C=N–C) groups is 1. The summed E-state index contributed by atoms with van der Waals surface area (Å²) >= 11 is 0. The number of ether oxygens (including phenoxy) is 1. The highest BCUT2D eigenvalue weighted by molar-refractivity contribution is 14.0. The van der Waals surface area contributed by atoms with Crippen LogP contribution in [0.15, 0.2) is 4.99 Å². The molecule has 0 fully saturated rings. The number of nitrogens with two attached hydrogens (primary N) is 1. The van der Waals surface area contributed by atoms with Crippen LogP contribution in [0.5, 0.6) is 0 Å². The van der Waals surface area contributed by atoms with Gasteiger partial charge in [-0.3, -0.25) is 4.99 Å². The number of hydrogen-bond acceptors (Lipinski definition) is 2. The number of nitrogens with one attached hydrogen (secondary N) is 1. The fourth-order valence-electron chi connectivity index (χ4n) is 0.887. The summed E-state index contributed by atoms with van der Waals surface area (Å²) < 4.78 is 5.34. The van der Waals surface area contributed by atoms with Gasteiger partial charge >= 0.3 is 0 Å². The van der Waals surface area contributed by atoms with Crippen LogP contribution in [-0.2, 0) is 4.74 Å². The van der Waals surface area contributed by atoms with Gasteiger partial charge in [0.1, 0.15) is 0 Å². The van der Waals surface area contributed by atoms with Gasteiger partial charge in [0.25, 0.3) is 0 Å². The molecule has 0 aromatic rings. The van der Waals surface area contributed by atoms with Crippen LogP contribution in [0.3, 0.4) is 0 Å². The quantitative estimate of drug-likeness (QED) is 0.324. The molecule has 15 heavy (non-hydrogen) atoms. The summed E-state index contributed by atoms with van der Waals surface area (Å²) in [5.41, 5.74) is 5.61. The maximum atomic E-state index is 5.61. The van der Waals surface area contributed by atoms with Crippen molar-refractivity contribution in [1.29, 1.82) is 0 Å². The summed E-state index contributed by atoms with van der Waals surface area (Å²) in [6.07, 6.45) is 2.51. The molecular formula is C10H24IN3O. The van der Waals surface area contributed by atoms with Crippen LogP contribution in [0.2, 0.25) is 0 Å². The van der Waals surface area contributed by atoms with Crippen molar-refractivity contribution in [1.82, 2.24) is 5.32 Å². The van der Waals surface area contributed by atoms with E-state index >= 15 is 0 Å². The number of nitrogens with zero attached hydrogens (tertiary/aromatic N) is 1. The van der Waals surface area contributed by atoms with E-state index in [9.17, 15) is 0 Å². The van der Waals surface area contributed by atoms with Crippen molar-refractivity contribution >= 4 is 29.9 Å². The molecule has 0 rings (SSSR count). The molecule has 0 spiro atoms. The summed E-state index contributed by atoms with van der Waals surface area (Å²) in [6, 6.07) is 0. The summed E-state index contributed by atoms with van der Waals surface area (Å²) in [5.74, 6) is 0.519. The second-order valence-electron chi connectivity index (χ2n) is 3.47. The third-order valence-corrected chi connectivity index (χ3v) is 1.65. The molecule has 0 saturated carbocycles. The molecule has 0 heterocycles. The lowest BCUT2D eigenvalue weighted by Crippen LogP contribution is -2.34. The van der Waals surface area contributed by atoms with Gasteiger partial charge in [-0.15, -0.1) is 24.0 Å².